The molecule has 0 bridgehead atoms. The Bertz CT molecular complexity index is 558. The standard InChI is InChI=1S/C13H14N4OS/c14-13-16-11(9-4-2-1-3-5-9)15-12(17-13)10-8-19-7-6-18-10/h1-5,10H,6-8H2,(H2,14,15,16,17). The van der Waals surface area contributed by atoms with Crippen molar-refractivity contribution in [3.8, 4) is 11.4 Å². The fraction of sp³-hybridized carbons (Fsp3) is 0.308. The largest absolute Gasteiger partial charge is 0.368 e. The zero-order valence-electron chi connectivity index (χ0n) is 10.3. The molecule has 98 valence electrons. The molecule has 1 aliphatic heterocycles. The molecule has 2 N–H and O–H groups in total. The lowest BCUT2D eigenvalue weighted by atomic mass is 10.2. The zero-order chi connectivity index (χ0) is 13.1. The van der Waals surface area contributed by atoms with Gasteiger partial charge in [-0.1, -0.05) is 30.3 Å². The maximum absolute atomic E-state index is 5.78. The van der Waals surface area contributed by atoms with Crippen molar-refractivity contribution in [1.82, 2.24) is 15.0 Å². The van der Waals surface area contributed by atoms with Gasteiger partial charge in [-0.15, -0.1) is 0 Å². The summed E-state index contributed by atoms with van der Waals surface area (Å²) in [5, 5.41) is 0. The Hall–Kier alpha value is -1.66. The van der Waals surface area contributed by atoms with E-state index in [-0.39, 0.29) is 12.1 Å². The highest BCUT2D eigenvalue weighted by molar-refractivity contribution is 7.99. The smallest absolute Gasteiger partial charge is 0.223 e. The first-order valence-corrected chi connectivity index (χ1v) is 7.24. The van der Waals surface area contributed by atoms with E-state index in [0.29, 0.717) is 11.6 Å². The van der Waals surface area contributed by atoms with Crippen LogP contribution >= 0.6 is 11.8 Å². The van der Waals surface area contributed by atoms with Gasteiger partial charge in [-0.25, -0.2) is 4.98 Å². The number of anilines is 1. The van der Waals surface area contributed by atoms with Crippen molar-refractivity contribution >= 4 is 17.7 Å². The fourth-order valence-electron chi connectivity index (χ4n) is 1.91. The molecule has 1 aliphatic rings. The number of nitrogens with zero attached hydrogens (tertiary/aromatic N) is 3. The van der Waals surface area contributed by atoms with Crippen molar-refractivity contribution in [2.24, 2.45) is 0 Å². The zero-order valence-corrected chi connectivity index (χ0v) is 11.1. The Kier molecular flexibility index (Phi) is 3.61. The molecule has 3 rings (SSSR count). The molecule has 1 aromatic heterocycles. The van der Waals surface area contributed by atoms with Crippen molar-refractivity contribution in [3.05, 3.63) is 36.2 Å². The van der Waals surface area contributed by atoms with Gasteiger partial charge in [-0.3, -0.25) is 0 Å². The number of ether oxygens (including phenoxy) is 1. The number of hydrogen-bond acceptors (Lipinski definition) is 6. The summed E-state index contributed by atoms with van der Waals surface area (Å²) in [5.74, 6) is 3.34. The van der Waals surface area contributed by atoms with Gasteiger partial charge in [0.15, 0.2) is 11.6 Å². The van der Waals surface area contributed by atoms with Crippen LogP contribution in [0, 0.1) is 0 Å². The number of thioether (sulfide) groups is 1. The highest BCUT2D eigenvalue weighted by Gasteiger charge is 2.21. The number of rotatable bonds is 2. The summed E-state index contributed by atoms with van der Waals surface area (Å²) in [7, 11) is 0. The van der Waals surface area contributed by atoms with Gasteiger partial charge in [-0.2, -0.15) is 21.7 Å². The van der Waals surface area contributed by atoms with Crippen molar-refractivity contribution in [2.45, 2.75) is 6.10 Å². The van der Waals surface area contributed by atoms with Gasteiger partial charge >= 0.3 is 0 Å². The molecule has 6 heteroatoms. The third-order valence-corrected chi connectivity index (χ3v) is 3.80. The molecule has 1 fully saturated rings. The molecule has 1 aromatic carbocycles. The second kappa shape index (κ2) is 5.54. The van der Waals surface area contributed by atoms with Gasteiger partial charge in [0.2, 0.25) is 5.95 Å². The summed E-state index contributed by atoms with van der Waals surface area (Å²) >= 11 is 1.84. The van der Waals surface area contributed by atoms with Crippen LogP contribution < -0.4 is 5.73 Å². The lowest BCUT2D eigenvalue weighted by Crippen LogP contribution is -2.19. The molecule has 1 saturated heterocycles. The molecule has 1 unspecified atom stereocenters. The molecule has 0 aliphatic carbocycles. The van der Waals surface area contributed by atoms with Crippen molar-refractivity contribution < 1.29 is 4.74 Å². The van der Waals surface area contributed by atoms with E-state index in [0.717, 1.165) is 23.7 Å². The SMILES string of the molecule is Nc1nc(-c2ccccc2)nc(C2CSCCO2)n1. The van der Waals surface area contributed by atoms with Crippen LogP contribution in [0.15, 0.2) is 30.3 Å². The Labute approximate surface area is 115 Å². The van der Waals surface area contributed by atoms with E-state index in [1.54, 1.807) is 0 Å². The minimum atomic E-state index is -0.0912. The number of benzene rings is 1. The minimum absolute atomic E-state index is 0.0912. The van der Waals surface area contributed by atoms with E-state index >= 15 is 0 Å². The van der Waals surface area contributed by atoms with E-state index in [2.05, 4.69) is 15.0 Å². The molecule has 19 heavy (non-hydrogen) atoms. The van der Waals surface area contributed by atoms with Crippen LogP contribution in [-0.2, 0) is 4.74 Å². The van der Waals surface area contributed by atoms with Crippen LogP contribution in [0.2, 0.25) is 0 Å². The van der Waals surface area contributed by atoms with Crippen LogP contribution in [0.25, 0.3) is 11.4 Å². The molecule has 2 aromatic rings. The monoisotopic (exact) mass is 274 g/mol. The van der Waals surface area contributed by atoms with Gasteiger partial charge in [0.25, 0.3) is 0 Å². The van der Waals surface area contributed by atoms with Crippen LogP contribution in [-0.4, -0.2) is 33.1 Å². The van der Waals surface area contributed by atoms with Crippen molar-refractivity contribution in [1.29, 1.82) is 0 Å². The first kappa shape index (κ1) is 12.4. The normalized spacial score (nSPS) is 19.3. The summed E-state index contributed by atoms with van der Waals surface area (Å²) in [6.07, 6.45) is -0.0912. The quantitative estimate of drug-likeness (QED) is 0.902. The van der Waals surface area contributed by atoms with Crippen molar-refractivity contribution in [3.63, 3.8) is 0 Å². The summed E-state index contributed by atoms with van der Waals surface area (Å²) < 4.78 is 5.68. The molecule has 0 amide bonds. The minimum Gasteiger partial charge on any atom is -0.368 e. The molecule has 0 radical (unpaired) electrons. The predicted octanol–water partition coefficient (Wildman–Crippen LogP) is 1.93. The van der Waals surface area contributed by atoms with Gasteiger partial charge in [-0.05, 0) is 0 Å². The van der Waals surface area contributed by atoms with Gasteiger partial charge < -0.3 is 10.5 Å². The third kappa shape index (κ3) is 2.85. The maximum Gasteiger partial charge on any atom is 0.223 e. The summed E-state index contributed by atoms with van der Waals surface area (Å²) in [5.41, 5.74) is 6.71. The summed E-state index contributed by atoms with van der Waals surface area (Å²) in [4.78, 5) is 12.9. The van der Waals surface area contributed by atoms with E-state index < -0.39 is 0 Å². The first-order valence-electron chi connectivity index (χ1n) is 6.09. The molecule has 2 heterocycles. The first-order chi connectivity index (χ1) is 9.33. The highest BCUT2D eigenvalue weighted by Crippen LogP contribution is 2.25. The van der Waals surface area contributed by atoms with E-state index in [1.165, 1.54) is 0 Å². The fourth-order valence-corrected chi connectivity index (χ4v) is 2.75. The number of aromatic nitrogens is 3. The highest BCUT2D eigenvalue weighted by atomic mass is 32.2. The van der Waals surface area contributed by atoms with E-state index in [9.17, 15) is 0 Å². The average molecular weight is 274 g/mol. The van der Waals surface area contributed by atoms with Crippen molar-refractivity contribution in [2.75, 3.05) is 23.8 Å². The molecule has 0 spiro atoms. The Morgan fingerprint density at radius 3 is 2.74 bits per heavy atom. The van der Waals surface area contributed by atoms with Gasteiger partial charge in [0.05, 0.1) is 6.61 Å². The number of hydrogen-bond donors (Lipinski definition) is 1. The molecule has 5 nitrogen and oxygen atoms in total. The number of nitrogen functional groups attached to an aromatic ring is 1. The topological polar surface area (TPSA) is 73.9 Å². The van der Waals surface area contributed by atoms with Gasteiger partial charge in [0.1, 0.15) is 6.10 Å². The Balaban J connectivity index is 1.96. The number of nitrogens with two attached hydrogens (primary N) is 1. The van der Waals surface area contributed by atoms with E-state index in [4.69, 9.17) is 10.5 Å². The van der Waals surface area contributed by atoms with Gasteiger partial charge in [0, 0.05) is 17.1 Å². The predicted molar refractivity (Wildman–Crippen MR) is 75.7 cm³/mol. The molecular weight excluding hydrogens is 260 g/mol. The molecular formula is C13H14N4OS. The second-order valence-electron chi connectivity index (χ2n) is 4.18. The van der Waals surface area contributed by atoms with Crippen LogP contribution in [0.5, 0.6) is 0 Å². The Morgan fingerprint density at radius 1 is 1.16 bits per heavy atom. The lowest BCUT2D eigenvalue weighted by molar-refractivity contribution is 0.0695. The van der Waals surface area contributed by atoms with Crippen LogP contribution in [0.3, 0.4) is 0 Å². The lowest BCUT2D eigenvalue weighted by Gasteiger charge is -2.21. The Morgan fingerprint density at radius 2 is 2.00 bits per heavy atom. The second-order valence-corrected chi connectivity index (χ2v) is 5.33. The molecule has 1 atom stereocenters. The maximum atomic E-state index is 5.78. The average Bonchev–Trinajstić information content (AvgIpc) is 2.48. The van der Waals surface area contributed by atoms with E-state index in [1.807, 2.05) is 42.1 Å². The van der Waals surface area contributed by atoms with Crippen LogP contribution in [0.1, 0.15) is 11.9 Å². The summed E-state index contributed by atoms with van der Waals surface area (Å²) in [6.45, 7) is 0.724. The summed E-state index contributed by atoms with van der Waals surface area (Å²) in [6, 6.07) is 9.75. The third-order valence-electron chi connectivity index (χ3n) is 2.81. The van der Waals surface area contributed by atoms with Crippen LogP contribution in [0.4, 0.5) is 5.95 Å². The molecule has 0 saturated carbocycles.